The number of likely N-dealkylation sites (N-methyl/N-ethyl adjacent to an activating group) is 1. The number of phosphoric ester groups is 1. The molecule has 0 spiro atoms. The molecule has 0 saturated carbocycles. The number of nitrogens with zero attached hydrogens (tertiary/aromatic N) is 1. The fourth-order valence-corrected chi connectivity index (χ4v) is 6.95. The molecule has 58 heavy (non-hydrogen) atoms. The minimum absolute atomic E-state index is 0.0242. The summed E-state index contributed by atoms with van der Waals surface area (Å²) in [5.74, 6) is -0.339. The number of quaternary nitrogens is 1. The fraction of sp³-hybridized carbons (Fsp3) is 0.776. The Labute approximate surface area is 358 Å². The summed E-state index contributed by atoms with van der Waals surface area (Å²) in [5, 5.41) is 0. The van der Waals surface area contributed by atoms with E-state index in [9.17, 15) is 14.3 Å². The minimum Gasteiger partial charge on any atom is -0.756 e. The predicted molar refractivity (Wildman–Crippen MR) is 245 cm³/mol. The van der Waals surface area contributed by atoms with E-state index < -0.39 is 13.9 Å². The van der Waals surface area contributed by atoms with E-state index in [0.717, 1.165) is 64.2 Å². The van der Waals surface area contributed by atoms with Gasteiger partial charge in [-0.05, 0) is 57.8 Å². The highest BCUT2D eigenvalue weighted by Crippen LogP contribution is 2.38. The third-order valence-corrected chi connectivity index (χ3v) is 10.8. The highest BCUT2D eigenvalue weighted by atomic mass is 31.2. The smallest absolute Gasteiger partial charge is 0.306 e. The molecule has 8 nitrogen and oxygen atoms in total. The Hall–Kier alpha value is -1.80. The molecule has 0 aliphatic carbocycles. The lowest BCUT2D eigenvalue weighted by Crippen LogP contribution is -2.37. The van der Waals surface area contributed by atoms with Crippen LogP contribution in [0.3, 0.4) is 0 Å². The van der Waals surface area contributed by atoms with E-state index >= 15 is 0 Å². The molecule has 0 aromatic rings. The van der Waals surface area contributed by atoms with Gasteiger partial charge in [0.25, 0.3) is 7.82 Å². The van der Waals surface area contributed by atoms with Crippen molar-refractivity contribution < 1.29 is 37.3 Å². The Morgan fingerprint density at radius 1 is 0.552 bits per heavy atom. The number of hydrogen-bond donors (Lipinski definition) is 0. The van der Waals surface area contributed by atoms with E-state index in [4.69, 9.17) is 18.5 Å². The van der Waals surface area contributed by atoms with Gasteiger partial charge in [0, 0.05) is 13.0 Å². The third-order valence-electron chi connectivity index (χ3n) is 9.83. The summed E-state index contributed by atoms with van der Waals surface area (Å²) in [5.41, 5.74) is 0. The number of phosphoric acid groups is 1. The topological polar surface area (TPSA) is 94.1 Å². The largest absolute Gasteiger partial charge is 0.756 e. The average Bonchev–Trinajstić information content (AvgIpc) is 3.18. The van der Waals surface area contributed by atoms with Gasteiger partial charge < -0.3 is 27.9 Å². The molecule has 0 amide bonds. The summed E-state index contributed by atoms with van der Waals surface area (Å²) in [7, 11) is 1.35. The quantitative estimate of drug-likeness (QED) is 0.0198. The number of allylic oxidation sites excluding steroid dienone is 10. The van der Waals surface area contributed by atoms with Crippen molar-refractivity contribution in [2.75, 3.05) is 54.1 Å². The van der Waals surface area contributed by atoms with Crippen molar-refractivity contribution in [2.24, 2.45) is 0 Å². The lowest BCUT2D eigenvalue weighted by Gasteiger charge is -2.28. The molecule has 0 aliphatic rings. The van der Waals surface area contributed by atoms with Gasteiger partial charge in [-0.2, -0.15) is 0 Å². The Morgan fingerprint density at radius 3 is 1.50 bits per heavy atom. The maximum Gasteiger partial charge on any atom is 0.306 e. The second-order valence-corrected chi connectivity index (χ2v) is 18.2. The van der Waals surface area contributed by atoms with Gasteiger partial charge in [-0.3, -0.25) is 9.36 Å². The van der Waals surface area contributed by atoms with Crippen LogP contribution in [0.4, 0.5) is 0 Å². The van der Waals surface area contributed by atoms with Crippen molar-refractivity contribution in [3.63, 3.8) is 0 Å². The maximum absolute atomic E-state index is 12.6. The molecule has 0 bridgehead atoms. The van der Waals surface area contributed by atoms with Crippen molar-refractivity contribution in [2.45, 2.75) is 193 Å². The standard InChI is InChI=1S/C49H90NO7P/c1-6-8-10-12-14-16-18-19-20-21-22-23-24-25-26-27-28-29-30-31-32-33-35-37-39-41-44-54-46-48(47-56-58(52,53)55-45-43-50(3,4)5)57-49(51)42-40-38-36-34-17-15-13-11-9-7-2/h8,10,14,16,19-20,22-23,25-26,48H,6-7,9,11-13,15,17-18,21,24,27-47H2,1-5H3/b10-8-,16-14-,20-19-,23-22-,26-25-. The zero-order valence-corrected chi connectivity index (χ0v) is 39.1. The molecular weight excluding hydrogens is 746 g/mol. The van der Waals surface area contributed by atoms with E-state index in [-0.39, 0.29) is 25.8 Å². The second-order valence-electron chi connectivity index (χ2n) is 16.7. The molecule has 0 heterocycles. The van der Waals surface area contributed by atoms with Crippen molar-refractivity contribution >= 4 is 13.8 Å². The molecule has 0 N–H and O–H groups in total. The summed E-state index contributed by atoms with van der Waals surface area (Å²) < 4.78 is 34.6. The Morgan fingerprint density at radius 2 is 1.00 bits per heavy atom. The number of carbonyl (C=O) groups excluding carboxylic acids is 1. The first-order valence-electron chi connectivity index (χ1n) is 23.5. The third kappa shape index (κ3) is 45.3. The molecular formula is C49H90NO7P. The highest BCUT2D eigenvalue weighted by Gasteiger charge is 2.20. The molecule has 0 rings (SSSR count). The first kappa shape index (κ1) is 56.2. The molecule has 338 valence electrons. The van der Waals surface area contributed by atoms with Crippen LogP contribution in [0.5, 0.6) is 0 Å². The zero-order chi connectivity index (χ0) is 42.7. The van der Waals surface area contributed by atoms with Crippen LogP contribution in [0.25, 0.3) is 0 Å². The van der Waals surface area contributed by atoms with E-state index in [2.05, 4.69) is 74.6 Å². The molecule has 2 unspecified atom stereocenters. The van der Waals surface area contributed by atoms with E-state index in [1.807, 2.05) is 21.1 Å². The van der Waals surface area contributed by atoms with Crippen molar-refractivity contribution in [1.82, 2.24) is 0 Å². The van der Waals surface area contributed by atoms with Crippen LogP contribution in [0.2, 0.25) is 0 Å². The van der Waals surface area contributed by atoms with Crippen LogP contribution in [0.1, 0.15) is 187 Å². The SMILES string of the molecule is CC/C=C\C/C=C\C/C=C\C/C=C\C/C=C\CCCCCCCCCCCCOCC(COP(=O)([O-])OCC[N+](C)(C)C)OC(=O)CCCCCCCCCCCC. The summed E-state index contributed by atoms with van der Waals surface area (Å²) in [6, 6.07) is 0. The fourth-order valence-electron chi connectivity index (χ4n) is 6.22. The van der Waals surface area contributed by atoms with E-state index in [1.165, 1.54) is 103 Å². The summed E-state index contributed by atoms with van der Waals surface area (Å²) in [6.07, 6.45) is 52.4. The first-order chi connectivity index (χ1) is 28.1. The molecule has 0 saturated heterocycles. The molecule has 0 radical (unpaired) electrons. The number of ether oxygens (including phenoxy) is 2. The molecule has 0 aliphatic heterocycles. The maximum atomic E-state index is 12.6. The highest BCUT2D eigenvalue weighted by molar-refractivity contribution is 7.45. The van der Waals surface area contributed by atoms with Crippen LogP contribution >= 0.6 is 7.82 Å². The van der Waals surface area contributed by atoms with Crippen molar-refractivity contribution in [3.05, 3.63) is 60.8 Å². The van der Waals surface area contributed by atoms with E-state index in [0.29, 0.717) is 24.1 Å². The second kappa shape index (κ2) is 41.9. The van der Waals surface area contributed by atoms with Gasteiger partial charge in [-0.1, -0.05) is 184 Å². The van der Waals surface area contributed by atoms with Gasteiger partial charge in [0.1, 0.15) is 19.3 Å². The molecule has 2 atom stereocenters. The van der Waals surface area contributed by atoms with Gasteiger partial charge in [0.15, 0.2) is 0 Å². The average molecular weight is 836 g/mol. The number of rotatable bonds is 43. The zero-order valence-electron chi connectivity index (χ0n) is 38.2. The monoisotopic (exact) mass is 836 g/mol. The van der Waals surface area contributed by atoms with Gasteiger partial charge >= 0.3 is 5.97 Å². The predicted octanol–water partition coefficient (Wildman–Crippen LogP) is 13.5. The Balaban J connectivity index is 4.07. The number of hydrogen-bond acceptors (Lipinski definition) is 7. The Bertz CT molecular complexity index is 1110. The summed E-state index contributed by atoms with van der Waals surface area (Å²) in [6.45, 7) is 5.27. The van der Waals surface area contributed by atoms with Crippen LogP contribution in [-0.2, 0) is 27.9 Å². The van der Waals surface area contributed by atoms with Crippen molar-refractivity contribution in [1.29, 1.82) is 0 Å². The van der Waals surface area contributed by atoms with E-state index in [1.54, 1.807) is 0 Å². The van der Waals surface area contributed by atoms with Crippen LogP contribution < -0.4 is 4.89 Å². The number of unbranched alkanes of at least 4 members (excludes halogenated alkanes) is 19. The lowest BCUT2D eigenvalue weighted by molar-refractivity contribution is -0.870. The number of esters is 1. The van der Waals surface area contributed by atoms with Gasteiger partial charge in [-0.25, -0.2) is 0 Å². The molecule has 0 fully saturated rings. The van der Waals surface area contributed by atoms with Crippen molar-refractivity contribution in [3.8, 4) is 0 Å². The van der Waals surface area contributed by atoms with Crippen LogP contribution in [0.15, 0.2) is 60.8 Å². The van der Waals surface area contributed by atoms with Gasteiger partial charge in [-0.15, -0.1) is 0 Å². The normalized spacial score (nSPS) is 14.2. The summed E-state index contributed by atoms with van der Waals surface area (Å²) >= 11 is 0. The molecule has 0 aromatic heterocycles. The summed E-state index contributed by atoms with van der Waals surface area (Å²) in [4.78, 5) is 25.0. The van der Waals surface area contributed by atoms with Gasteiger partial charge in [0.2, 0.25) is 0 Å². The number of carbonyl (C=O) groups is 1. The first-order valence-corrected chi connectivity index (χ1v) is 25.0. The molecule has 9 heteroatoms. The Kier molecular flexibility index (Phi) is 40.6. The van der Waals surface area contributed by atoms with Crippen LogP contribution in [0, 0.1) is 0 Å². The minimum atomic E-state index is -4.52. The molecule has 0 aromatic carbocycles. The lowest BCUT2D eigenvalue weighted by atomic mass is 10.1. The van der Waals surface area contributed by atoms with Gasteiger partial charge in [0.05, 0.1) is 34.4 Å². The van der Waals surface area contributed by atoms with Crippen LogP contribution in [-0.4, -0.2) is 70.7 Å².